The summed E-state index contributed by atoms with van der Waals surface area (Å²) in [6, 6.07) is 0. The van der Waals surface area contributed by atoms with Crippen LogP contribution in [0.25, 0.3) is 0 Å². The highest BCUT2D eigenvalue weighted by molar-refractivity contribution is 5.75. The summed E-state index contributed by atoms with van der Waals surface area (Å²) >= 11 is 0. The molecule has 0 bridgehead atoms. The second-order valence-electron chi connectivity index (χ2n) is 5.16. The largest absolute Gasteiger partial charge is 0.378 e. The Kier molecular flexibility index (Phi) is 8.01. The van der Waals surface area contributed by atoms with Gasteiger partial charge in [-0.3, -0.25) is 4.79 Å². The number of nitrogens with one attached hydrogen (secondary N) is 1. The maximum Gasteiger partial charge on any atom is 0.220 e. The molecule has 0 aliphatic carbocycles. The van der Waals surface area contributed by atoms with Gasteiger partial charge in [-0.25, -0.2) is 0 Å². The second kappa shape index (κ2) is 9.34. The number of rotatable bonds is 9. The normalized spacial score (nSPS) is 20.9. The maximum atomic E-state index is 11.7. The van der Waals surface area contributed by atoms with E-state index < -0.39 is 0 Å². The summed E-state index contributed by atoms with van der Waals surface area (Å²) in [6.45, 7) is 4.52. The van der Waals surface area contributed by atoms with Crippen LogP contribution in [0, 0.1) is 5.92 Å². The lowest BCUT2D eigenvalue weighted by Gasteiger charge is -2.14. The van der Waals surface area contributed by atoms with Gasteiger partial charge in [-0.2, -0.15) is 0 Å². The van der Waals surface area contributed by atoms with Crippen molar-refractivity contribution in [2.45, 2.75) is 58.0 Å². The van der Waals surface area contributed by atoms with Gasteiger partial charge in [0.15, 0.2) is 0 Å². The lowest BCUT2D eigenvalue weighted by Crippen LogP contribution is -2.27. The summed E-state index contributed by atoms with van der Waals surface area (Å²) in [7, 11) is 0. The second-order valence-corrected chi connectivity index (χ2v) is 5.16. The van der Waals surface area contributed by atoms with Crippen LogP contribution in [0.2, 0.25) is 0 Å². The highest BCUT2D eigenvalue weighted by atomic mass is 16.5. The third-order valence-corrected chi connectivity index (χ3v) is 3.74. The Bertz CT molecular complexity index is 228. The molecule has 1 rings (SSSR count). The van der Waals surface area contributed by atoms with Crippen molar-refractivity contribution in [3.63, 3.8) is 0 Å². The molecule has 2 unspecified atom stereocenters. The van der Waals surface area contributed by atoms with E-state index in [1.807, 2.05) is 0 Å². The summed E-state index contributed by atoms with van der Waals surface area (Å²) in [5.74, 6) is 0.766. The van der Waals surface area contributed by atoms with Crippen LogP contribution in [0.3, 0.4) is 0 Å². The van der Waals surface area contributed by atoms with Crippen molar-refractivity contribution in [2.75, 3.05) is 19.7 Å². The van der Waals surface area contributed by atoms with E-state index in [0.29, 0.717) is 18.4 Å². The van der Waals surface area contributed by atoms with Crippen molar-refractivity contribution in [1.29, 1.82) is 0 Å². The van der Waals surface area contributed by atoms with E-state index in [0.717, 1.165) is 58.2 Å². The molecular weight excluding hydrogens is 228 g/mol. The summed E-state index contributed by atoms with van der Waals surface area (Å²) in [5.41, 5.74) is 5.55. The number of ether oxygens (including phenoxy) is 1. The number of carbonyl (C=O) groups excluding carboxylic acids is 1. The zero-order valence-corrected chi connectivity index (χ0v) is 11.6. The first-order chi connectivity index (χ1) is 8.76. The molecule has 0 aromatic rings. The van der Waals surface area contributed by atoms with Crippen LogP contribution in [-0.4, -0.2) is 31.7 Å². The molecule has 3 N–H and O–H groups in total. The monoisotopic (exact) mass is 256 g/mol. The molecule has 0 spiro atoms. The van der Waals surface area contributed by atoms with Gasteiger partial charge in [-0.05, 0) is 44.6 Å². The molecule has 1 saturated heterocycles. The molecular formula is C14H28N2O2. The van der Waals surface area contributed by atoms with E-state index in [9.17, 15) is 4.79 Å². The number of hydrogen-bond acceptors (Lipinski definition) is 3. The molecule has 0 radical (unpaired) electrons. The zero-order chi connectivity index (χ0) is 13.2. The molecule has 1 aliphatic rings. The van der Waals surface area contributed by atoms with Gasteiger partial charge in [0.05, 0.1) is 6.10 Å². The van der Waals surface area contributed by atoms with Crippen molar-refractivity contribution in [1.82, 2.24) is 5.32 Å². The molecule has 106 valence electrons. The van der Waals surface area contributed by atoms with Gasteiger partial charge < -0.3 is 15.8 Å². The summed E-state index contributed by atoms with van der Waals surface area (Å²) in [6.07, 6.45) is 7.35. The first-order valence-electron chi connectivity index (χ1n) is 7.34. The Labute approximate surface area is 111 Å². The molecule has 0 aromatic heterocycles. The van der Waals surface area contributed by atoms with Gasteiger partial charge in [0.1, 0.15) is 0 Å². The predicted molar refractivity (Wildman–Crippen MR) is 73.3 cm³/mol. The van der Waals surface area contributed by atoms with Gasteiger partial charge in [-0.15, -0.1) is 0 Å². The van der Waals surface area contributed by atoms with Crippen LogP contribution >= 0.6 is 0 Å². The van der Waals surface area contributed by atoms with Crippen LogP contribution in [0.15, 0.2) is 0 Å². The molecule has 1 aliphatic heterocycles. The SMILES string of the molecule is CCC(CCN)CCC(=O)NCCC1CCCO1. The molecule has 1 fully saturated rings. The lowest BCUT2D eigenvalue weighted by molar-refractivity contribution is -0.121. The number of nitrogens with two attached hydrogens (primary N) is 1. The fourth-order valence-corrected chi connectivity index (χ4v) is 2.46. The third-order valence-electron chi connectivity index (χ3n) is 3.74. The van der Waals surface area contributed by atoms with Crippen molar-refractivity contribution in [3.8, 4) is 0 Å². The van der Waals surface area contributed by atoms with Crippen LogP contribution < -0.4 is 11.1 Å². The highest BCUT2D eigenvalue weighted by Gasteiger charge is 2.15. The Balaban J connectivity index is 2.02. The first kappa shape index (κ1) is 15.4. The Morgan fingerprint density at radius 1 is 1.50 bits per heavy atom. The summed E-state index contributed by atoms with van der Waals surface area (Å²) in [5, 5.41) is 2.98. The lowest BCUT2D eigenvalue weighted by atomic mass is 9.96. The van der Waals surface area contributed by atoms with Gasteiger partial charge >= 0.3 is 0 Å². The van der Waals surface area contributed by atoms with Crippen molar-refractivity contribution in [3.05, 3.63) is 0 Å². The molecule has 18 heavy (non-hydrogen) atoms. The summed E-state index contributed by atoms with van der Waals surface area (Å²) in [4.78, 5) is 11.7. The van der Waals surface area contributed by atoms with E-state index in [-0.39, 0.29) is 5.91 Å². The maximum absolute atomic E-state index is 11.7. The fraction of sp³-hybridized carbons (Fsp3) is 0.929. The van der Waals surface area contributed by atoms with E-state index >= 15 is 0 Å². The molecule has 2 atom stereocenters. The molecule has 1 amide bonds. The van der Waals surface area contributed by atoms with Gasteiger partial charge in [-0.1, -0.05) is 13.3 Å². The smallest absolute Gasteiger partial charge is 0.220 e. The van der Waals surface area contributed by atoms with Crippen LogP contribution in [0.4, 0.5) is 0 Å². The molecule has 4 nitrogen and oxygen atoms in total. The van der Waals surface area contributed by atoms with Gasteiger partial charge in [0, 0.05) is 19.6 Å². The molecule has 4 heteroatoms. The highest BCUT2D eigenvalue weighted by Crippen LogP contribution is 2.15. The van der Waals surface area contributed by atoms with E-state index in [2.05, 4.69) is 12.2 Å². The average molecular weight is 256 g/mol. The average Bonchev–Trinajstić information content (AvgIpc) is 2.87. The quantitative estimate of drug-likeness (QED) is 0.661. The predicted octanol–water partition coefficient (Wildman–Crippen LogP) is 1.83. The van der Waals surface area contributed by atoms with Crippen molar-refractivity contribution < 1.29 is 9.53 Å². The first-order valence-corrected chi connectivity index (χ1v) is 7.34. The zero-order valence-electron chi connectivity index (χ0n) is 11.6. The Morgan fingerprint density at radius 2 is 2.33 bits per heavy atom. The summed E-state index contributed by atoms with van der Waals surface area (Å²) < 4.78 is 5.52. The molecule has 0 saturated carbocycles. The third kappa shape index (κ3) is 6.36. The minimum absolute atomic E-state index is 0.170. The van der Waals surface area contributed by atoms with Gasteiger partial charge in [0.2, 0.25) is 5.91 Å². The Morgan fingerprint density at radius 3 is 2.94 bits per heavy atom. The number of amides is 1. The number of carbonyl (C=O) groups is 1. The van der Waals surface area contributed by atoms with Crippen LogP contribution in [-0.2, 0) is 9.53 Å². The minimum Gasteiger partial charge on any atom is -0.378 e. The van der Waals surface area contributed by atoms with E-state index in [4.69, 9.17) is 10.5 Å². The fourth-order valence-electron chi connectivity index (χ4n) is 2.46. The van der Waals surface area contributed by atoms with E-state index in [1.165, 1.54) is 0 Å². The standard InChI is InChI=1S/C14H28N2O2/c1-2-12(7-9-15)5-6-14(17)16-10-8-13-4-3-11-18-13/h12-13H,2-11,15H2,1H3,(H,16,17). The topological polar surface area (TPSA) is 64.4 Å². The number of hydrogen-bond donors (Lipinski definition) is 2. The molecule has 1 heterocycles. The van der Waals surface area contributed by atoms with E-state index in [1.54, 1.807) is 0 Å². The van der Waals surface area contributed by atoms with Crippen molar-refractivity contribution in [2.24, 2.45) is 11.7 Å². The minimum atomic E-state index is 0.170. The van der Waals surface area contributed by atoms with Crippen molar-refractivity contribution >= 4 is 5.91 Å². The van der Waals surface area contributed by atoms with Crippen LogP contribution in [0.1, 0.15) is 51.9 Å². The van der Waals surface area contributed by atoms with Crippen LogP contribution in [0.5, 0.6) is 0 Å². The van der Waals surface area contributed by atoms with Gasteiger partial charge in [0.25, 0.3) is 0 Å². The molecule has 0 aromatic carbocycles. The Hall–Kier alpha value is -0.610.